The van der Waals surface area contributed by atoms with Gasteiger partial charge in [0, 0.05) is 23.6 Å². The maximum absolute atomic E-state index is 5.61. The highest BCUT2D eigenvalue weighted by atomic mass is 32.2. The van der Waals surface area contributed by atoms with E-state index in [2.05, 4.69) is 55.2 Å². The fourth-order valence-corrected chi connectivity index (χ4v) is 3.43. The summed E-state index contributed by atoms with van der Waals surface area (Å²) in [5.74, 6) is 3.40. The van der Waals surface area contributed by atoms with Crippen LogP contribution in [-0.4, -0.2) is 24.2 Å². The normalized spacial score (nSPS) is 23.9. The standard InChI is InChI=1S/C15H23NOS/c1-3-9-17-14-7-5-12(6-8-14)15-11-18-10-13(4-2)16-15/h5-8,13,15-16H,3-4,9-11H2,1-2H3. The van der Waals surface area contributed by atoms with Crippen LogP contribution in [0.25, 0.3) is 0 Å². The number of benzene rings is 1. The van der Waals surface area contributed by atoms with Crippen LogP contribution in [0.3, 0.4) is 0 Å². The Labute approximate surface area is 114 Å². The highest BCUT2D eigenvalue weighted by Crippen LogP contribution is 2.26. The van der Waals surface area contributed by atoms with Gasteiger partial charge in [-0.25, -0.2) is 0 Å². The predicted octanol–water partition coefficient (Wildman–Crippen LogP) is 3.63. The molecule has 0 aromatic heterocycles. The first-order chi connectivity index (χ1) is 8.83. The van der Waals surface area contributed by atoms with Crippen molar-refractivity contribution in [1.82, 2.24) is 5.32 Å². The summed E-state index contributed by atoms with van der Waals surface area (Å²) in [6, 6.07) is 9.72. The molecule has 0 aliphatic carbocycles. The molecule has 1 aromatic carbocycles. The Morgan fingerprint density at radius 1 is 1.22 bits per heavy atom. The predicted molar refractivity (Wildman–Crippen MR) is 79.5 cm³/mol. The van der Waals surface area contributed by atoms with E-state index in [4.69, 9.17) is 4.74 Å². The van der Waals surface area contributed by atoms with Crippen LogP contribution in [-0.2, 0) is 0 Å². The zero-order chi connectivity index (χ0) is 12.8. The van der Waals surface area contributed by atoms with Gasteiger partial charge in [-0.2, -0.15) is 11.8 Å². The molecule has 1 N–H and O–H groups in total. The van der Waals surface area contributed by atoms with Crippen molar-refractivity contribution in [2.75, 3.05) is 18.1 Å². The first-order valence-corrected chi connectivity index (χ1v) is 8.05. The minimum atomic E-state index is 0.494. The lowest BCUT2D eigenvalue weighted by Crippen LogP contribution is -2.39. The molecule has 0 saturated carbocycles. The fraction of sp³-hybridized carbons (Fsp3) is 0.600. The van der Waals surface area contributed by atoms with Crippen LogP contribution in [0.15, 0.2) is 24.3 Å². The molecule has 0 spiro atoms. The molecule has 2 nitrogen and oxygen atoms in total. The van der Waals surface area contributed by atoms with Crippen LogP contribution < -0.4 is 10.1 Å². The third-order valence-corrected chi connectivity index (χ3v) is 4.50. The number of hydrogen-bond donors (Lipinski definition) is 1. The molecule has 1 fully saturated rings. The number of hydrogen-bond acceptors (Lipinski definition) is 3. The van der Waals surface area contributed by atoms with Gasteiger partial charge in [0.1, 0.15) is 5.75 Å². The maximum Gasteiger partial charge on any atom is 0.119 e. The second kappa shape index (κ2) is 7.05. The average molecular weight is 265 g/mol. The first-order valence-electron chi connectivity index (χ1n) is 6.90. The molecule has 1 aromatic rings. The fourth-order valence-electron chi connectivity index (χ4n) is 2.15. The second-order valence-electron chi connectivity index (χ2n) is 4.78. The third kappa shape index (κ3) is 3.66. The highest BCUT2D eigenvalue weighted by Gasteiger charge is 2.21. The largest absolute Gasteiger partial charge is 0.494 e. The minimum Gasteiger partial charge on any atom is -0.494 e. The number of ether oxygens (including phenoxy) is 1. The van der Waals surface area contributed by atoms with Crippen LogP contribution in [0.2, 0.25) is 0 Å². The molecular formula is C15H23NOS. The van der Waals surface area contributed by atoms with E-state index in [1.165, 1.54) is 23.5 Å². The van der Waals surface area contributed by atoms with Crippen molar-refractivity contribution in [2.24, 2.45) is 0 Å². The molecule has 1 aliphatic rings. The van der Waals surface area contributed by atoms with Crippen molar-refractivity contribution in [1.29, 1.82) is 0 Å². The van der Waals surface area contributed by atoms with Gasteiger partial charge in [0.05, 0.1) is 6.61 Å². The van der Waals surface area contributed by atoms with E-state index in [0.717, 1.165) is 18.8 Å². The molecule has 0 radical (unpaired) electrons. The van der Waals surface area contributed by atoms with E-state index in [9.17, 15) is 0 Å². The molecule has 1 aliphatic heterocycles. The van der Waals surface area contributed by atoms with Crippen molar-refractivity contribution in [3.63, 3.8) is 0 Å². The second-order valence-corrected chi connectivity index (χ2v) is 5.85. The van der Waals surface area contributed by atoms with Gasteiger partial charge in [-0.1, -0.05) is 26.0 Å². The van der Waals surface area contributed by atoms with Crippen LogP contribution in [0.1, 0.15) is 38.3 Å². The lowest BCUT2D eigenvalue weighted by Gasteiger charge is -2.30. The van der Waals surface area contributed by atoms with Crippen LogP contribution in [0.4, 0.5) is 0 Å². The molecule has 100 valence electrons. The highest BCUT2D eigenvalue weighted by molar-refractivity contribution is 7.99. The van der Waals surface area contributed by atoms with Crippen molar-refractivity contribution < 1.29 is 4.74 Å². The zero-order valence-corrected chi connectivity index (χ0v) is 12.1. The first kappa shape index (κ1) is 13.8. The molecule has 18 heavy (non-hydrogen) atoms. The summed E-state index contributed by atoms with van der Waals surface area (Å²) in [5.41, 5.74) is 1.38. The lowest BCUT2D eigenvalue weighted by molar-refractivity contribution is 0.317. The Kier molecular flexibility index (Phi) is 5.39. The van der Waals surface area contributed by atoms with Crippen molar-refractivity contribution in [2.45, 2.75) is 38.8 Å². The Morgan fingerprint density at radius 3 is 2.67 bits per heavy atom. The summed E-state index contributed by atoms with van der Waals surface area (Å²) in [6.07, 6.45) is 2.27. The molecule has 0 amide bonds. The molecule has 2 atom stereocenters. The minimum absolute atomic E-state index is 0.494. The van der Waals surface area contributed by atoms with Gasteiger partial charge < -0.3 is 10.1 Å². The van der Waals surface area contributed by atoms with Crippen molar-refractivity contribution in [3.05, 3.63) is 29.8 Å². The van der Waals surface area contributed by atoms with Gasteiger partial charge in [-0.3, -0.25) is 0 Å². The SMILES string of the molecule is CCCOc1ccc(C2CSCC(CC)N2)cc1. The molecule has 0 bridgehead atoms. The third-order valence-electron chi connectivity index (χ3n) is 3.29. The molecule has 2 unspecified atom stereocenters. The van der Waals surface area contributed by atoms with Gasteiger partial charge in [0.15, 0.2) is 0 Å². The van der Waals surface area contributed by atoms with Crippen LogP contribution >= 0.6 is 11.8 Å². The monoisotopic (exact) mass is 265 g/mol. The Hall–Kier alpha value is -0.670. The van der Waals surface area contributed by atoms with E-state index in [-0.39, 0.29) is 0 Å². The maximum atomic E-state index is 5.61. The van der Waals surface area contributed by atoms with E-state index < -0.39 is 0 Å². The topological polar surface area (TPSA) is 21.3 Å². The summed E-state index contributed by atoms with van der Waals surface area (Å²) in [5, 5.41) is 3.72. The Bertz CT molecular complexity index is 352. The smallest absolute Gasteiger partial charge is 0.119 e. The van der Waals surface area contributed by atoms with Crippen molar-refractivity contribution >= 4 is 11.8 Å². The molecule has 3 heteroatoms. The zero-order valence-electron chi connectivity index (χ0n) is 11.3. The molecule has 1 saturated heterocycles. The van der Waals surface area contributed by atoms with E-state index >= 15 is 0 Å². The summed E-state index contributed by atoms with van der Waals surface area (Å²) >= 11 is 2.05. The van der Waals surface area contributed by atoms with E-state index in [1.54, 1.807) is 0 Å². The van der Waals surface area contributed by atoms with Crippen LogP contribution in [0.5, 0.6) is 5.75 Å². The van der Waals surface area contributed by atoms with Crippen molar-refractivity contribution in [3.8, 4) is 5.75 Å². The molecular weight excluding hydrogens is 242 g/mol. The summed E-state index contributed by atoms with van der Waals surface area (Å²) in [6.45, 7) is 5.18. The van der Waals surface area contributed by atoms with Gasteiger partial charge in [0.25, 0.3) is 0 Å². The van der Waals surface area contributed by atoms with E-state index in [1.807, 2.05) is 0 Å². The summed E-state index contributed by atoms with van der Waals surface area (Å²) in [7, 11) is 0. The molecule has 2 rings (SSSR count). The van der Waals surface area contributed by atoms with Gasteiger partial charge in [-0.05, 0) is 30.5 Å². The average Bonchev–Trinajstić information content (AvgIpc) is 2.46. The van der Waals surface area contributed by atoms with Crippen LogP contribution in [0, 0.1) is 0 Å². The Morgan fingerprint density at radius 2 is 2.00 bits per heavy atom. The number of rotatable bonds is 5. The molecule has 1 heterocycles. The van der Waals surface area contributed by atoms with E-state index in [0.29, 0.717) is 12.1 Å². The lowest BCUT2D eigenvalue weighted by atomic mass is 10.1. The number of nitrogens with one attached hydrogen (secondary N) is 1. The summed E-state index contributed by atoms with van der Waals surface area (Å²) in [4.78, 5) is 0. The number of thioether (sulfide) groups is 1. The quantitative estimate of drug-likeness (QED) is 0.878. The summed E-state index contributed by atoms with van der Waals surface area (Å²) < 4.78 is 5.61. The van der Waals surface area contributed by atoms with Gasteiger partial charge >= 0.3 is 0 Å². The van der Waals surface area contributed by atoms with Gasteiger partial charge in [-0.15, -0.1) is 0 Å². The Balaban J connectivity index is 1.96. The van der Waals surface area contributed by atoms with Gasteiger partial charge in [0.2, 0.25) is 0 Å².